The lowest BCUT2D eigenvalue weighted by atomic mass is 10.1. The molecule has 112 valence electrons. The maximum Gasteiger partial charge on any atom is 0.137 e. The van der Waals surface area contributed by atoms with Crippen molar-refractivity contribution >= 4 is 23.0 Å². The molecule has 1 aromatic rings. The van der Waals surface area contributed by atoms with Crippen LogP contribution >= 0.6 is 12.2 Å². The van der Waals surface area contributed by atoms with Crippen LogP contribution in [0.4, 0.5) is 5.82 Å². The zero-order valence-electron chi connectivity index (χ0n) is 12.9. The average molecular weight is 295 g/mol. The van der Waals surface area contributed by atoms with Gasteiger partial charge in [-0.05, 0) is 12.8 Å². The Kier molecular flexibility index (Phi) is 4.65. The third-order valence-electron chi connectivity index (χ3n) is 3.73. The van der Waals surface area contributed by atoms with E-state index in [2.05, 4.69) is 28.7 Å². The molecule has 0 aromatic carbocycles. The monoisotopic (exact) mass is 295 g/mol. The Hall–Kier alpha value is -1.14. The van der Waals surface area contributed by atoms with Crippen molar-refractivity contribution < 1.29 is 0 Å². The van der Waals surface area contributed by atoms with Crippen molar-refractivity contribution in [3.8, 4) is 0 Å². The van der Waals surface area contributed by atoms with Crippen LogP contribution in [-0.4, -0.2) is 52.4 Å². The Bertz CT molecular complexity index is 486. The van der Waals surface area contributed by atoms with Gasteiger partial charge in [-0.15, -0.1) is 0 Å². The van der Waals surface area contributed by atoms with Gasteiger partial charge in [0.1, 0.15) is 10.8 Å². The van der Waals surface area contributed by atoms with Crippen LogP contribution in [0.3, 0.4) is 0 Å². The highest BCUT2D eigenvalue weighted by Crippen LogP contribution is 2.24. The Morgan fingerprint density at radius 1 is 1.30 bits per heavy atom. The zero-order chi connectivity index (χ0) is 14.9. The van der Waals surface area contributed by atoms with Crippen LogP contribution in [0, 0.1) is 12.8 Å². The highest BCUT2D eigenvalue weighted by atomic mass is 32.1. The van der Waals surface area contributed by atoms with Crippen molar-refractivity contribution in [1.82, 2.24) is 14.7 Å². The van der Waals surface area contributed by atoms with E-state index >= 15 is 0 Å². The molecule has 1 fully saturated rings. The minimum atomic E-state index is 0.440. The van der Waals surface area contributed by atoms with Crippen molar-refractivity contribution in [3.05, 3.63) is 11.3 Å². The molecule has 0 amide bonds. The van der Waals surface area contributed by atoms with Crippen molar-refractivity contribution in [2.75, 3.05) is 37.6 Å². The third kappa shape index (κ3) is 3.12. The first-order chi connectivity index (χ1) is 9.40. The summed E-state index contributed by atoms with van der Waals surface area (Å²) in [4.78, 5) is 5.31. The number of aromatic nitrogens is 2. The molecule has 5 nitrogen and oxygen atoms in total. The molecular formula is C14H25N5S. The van der Waals surface area contributed by atoms with Crippen LogP contribution in [0.2, 0.25) is 0 Å². The van der Waals surface area contributed by atoms with E-state index in [9.17, 15) is 0 Å². The molecule has 1 aromatic heterocycles. The molecule has 6 heteroatoms. The summed E-state index contributed by atoms with van der Waals surface area (Å²) >= 11 is 5.19. The standard InChI is InChI=1S/C14H25N5S/c1-10(2)9-18-5-7-19(8-6-18)14-12(13(15)20)11(3)16-17(14)4/h10H,5-9H2,1-4H3,(H2,15,20). The predicted octanol–water partition coefficient (Wildman–Crippen LogP) is 1.14. The fraction of sp³-hybridized carbons (Fsp3) is 0.714. The van der Waals surface area contributed by atoms with Crippen LogP contribution < -0.4 is 10.6 Å². The first kappa shape index (κ1) is 15.3. The van der Waals surface area contributed by atoms with E-state index in [1.807, 2.05) is 18.7 Å². The van der Waals surface area contributed by atoms with Crippen LogP contribution in [0.25, 0.3) is 0 Å². The second kappa shape index (κ2) is 6.10. The Balaban J connectivity index is 2.13. The molecule has 1 aliphatic rings. The summed E-state index contributed by atoms with van der Waals surface area (Å²) in [6.45, 7) is 11.8. The number of anilines is 1. The van der Waals surface area contributed by atoms with E-state index in [0.717, 1.165) is 43.3 Å². The molecule has 2 rings (SSSR count). The molecule has 0 unspecified atom stereocenters. The smallest absolute Gasteiger partial charge is 0.137 e. The fourth-order valence-corrected chi connectivity index (χ4v) is 3.19. The lowest BCUT2D eigenvalue weighted by Gasteiger charge is -2.37. The third-order valence-corrected chi connectivity index (χ3v) is 3.94. The molecule has 0 spiro atoms. The zero-order valence-corrected chi connectivity index (χ0v) is 13.7. The van der Waals surface area contributed by atoms with Gasteiger partial charge in [-0.2, -0.15) is 5.10 Å². The Morgan fingerprint density at radius 3 is 2.40 bits per heavy atom. The first-order valence-electron chi connectivity index (χ1n) is 7.20. The van der Waals surface area contributed by atoms with Gasteiger partial charge in [0.2, 0.25) is 0 Å². The number of hydrogen-bond donors (Lipinski definition) is 1. The van der Waals surface area contributed by atoms with Crippen molar-refractivity contribution in [3.63, 3.8) is 0 Å². The molecule has 0 atom stereocenters. The van der Waals surface area contributed by atoms with Gasteiger partial charge >= 0.3 is 0 Å². The summed E-state index contributed by atoms with van der Waals surface area (Å²) in [6, 6.07) is 0. The van der Waals surface area contributed by atoms with E-state index in [1.54, 1.807) is 0 Å². The van der Waals surface area contributed by atoms with Crippen molar-refractivity contribution in [2.24, 2.45) is 18.7 Å². The number of hydrogen-bond acceptors (Lipinski definition) is 4. The summed E-state index contributed by atoms with van der Waals surface area (Å²) in [5.74, 6) is 1.78. The molecule has 0 aliphatic carbocycles. The Labute approximate surface area is 126 Å². The van der Waals surface area contributed by atoms with E-state index in [1.165, 1.54) is 6.54 Å². The highest BCUT2D eigenvalue weighted by Gasteiger charge is 2.24. The largest absolute Gasteiger partial charge is 0.389 e. The van der Waals surface area contributed by atoms with Gasteiger partial charge in [0, 0.05) is 39.8 Å². The highest BCUT2D eigenvalue weighted by molar-refractivity contribution is 7.80. The lowest BCUT2D eigenvalue weighted by Crippen LogP contribution is -2.48. The van der Waals surface area contributed by atoms with Gasteiger partial charge in [-0.1, -0.05) is 26.1 Å². The van der Waals surface area contributed by atoms with Crippen LogP contribution in [0.1, 0.15) is 25.1 Å². The molecule has 0 bridgehead atoms. The Morgan fingerprint density at radius 2 is 1.90 bits per heavy atom. The van der Waals surface area contributed by atoms with Crippen molar-refractivity contribution in [1.29, 1.82) is 0 Å². The summed E-state index contributed by atoms with van der Waals surface area (Å²) in [5.41, 5.74) is 7.72. The topological polar surface area (TPSA) is 50.3 Å². The molecule has 20 heavy (non-hydrogen) atoms. The van der Waals surface area contributed by atoms with Crippen LogP contribution in [-0.2, 0) is 7.05 Å². The van der Waals surface area contributed by atoms with Gasteiger partial charge in [-0.3, -0.25) is 9.58 Å². The van der Waals surface area contributed by atoms with E-state index in [4.69, 9.17) is 18.0 Å². The molecule has 0 radical (unpaired) electrons. The van der Waals surface area contributed by atoms with Gasteiger partial charge < -0.3 is 10.6 Å². The number of aryl methyl sites for hydroxylation is 2. The number of thiocarbonyl (C=S) groups is 1. The summed E-state index contributed by atoms with van der Waals surface area (Å²) in [7, 11) is 1.96. The molecular weight excluding hydrogens is 270 g/mol. The number of nitrogens with two attached hydrogens (primary N) is 1. The van der Waals surface area contributed by atoms with Gasteiger partial charge in [0.05, 0.1) is 11.3 Å². The minimum absolute atomic E-state index is 0.440. The average Bonchev–Trinajstić information content (AvgIpc) is 2.64. The van der Waals surface area contributed by atoms with E-state index in [0.29, 0.717) is 10.9 Å². The summed E-state index contributed by atoms with van der Waals surface area (Å²) in [5, 5.41) is 4.47. The molecule has 1 saturated heterocycles. The quantitative estimate of drug-likeness (QED) is 0.844. The summed E-state index contributed by atoms with van der Waals surface area (Å²) < 4.78 is 1.90. The SMILES string of the molecule is Cc1nn(C)c(N2CCN(CC(C)C)CC2)c1C(N)=S. The first-order valence-corrected chi connectivity index (χ1v) is 7.61. The van der Waals surface area contributed by atoms with Gasteiger partial charge in [-0.25, -0.2) is 0 Å². The second-order valence-electron chi connectivity index (χ2n) is 5.95. The van der Waals surface area contributed by atoms with Gasteiger partial charge in [0.25, 0.3) is 0 Å². The van der Waals surface area contributed by atoms with Crippen LogP contribution in [0.15, 0.2) is 0 Å². The molecule has 2 heterocycles. The molecule has 1 aliphatic heterocycles. The van der Waals surface area contributed by atoms with Gasteiger partial charge in [0.15, 0.2) is 0 Å². The molecule has 0 saturated carbocycles. The maximum absolute atomic E-state index is 5.87. The van der Waals surface area contributed by atoms with E-state index < -0.39 is 0 Å². The van der Waals surface area contributed by atoms with E-state index in [-0.39, 0.29) is 0 Å². The van der Waals surface area contributed by atoms with Crippen LogP contribution in [0.5, 0.6) is 0 Å². The normalized spacial score (nSPS) is 16.9. The molecule has 2 N–H and O–H groups in total. The second-order valence-corrected chi connectivity index (χ2v) is 6.39. The minimum Gasteiger partial charge on any atom is -0.389 e. The number of nitrogens with zero attached hydrogens (tertiary/aromatic N) is 4. The fourth-order valence-electron chi connectivity index (χ4n) is 2.96. The van der Waals surface area contributed by atoms with Crippen molar-refractivity contribution in [2.45, 2.75) is 20.8 Å². The lowest BCUT2D eigenvalue weighted by molar-refractivity contribution is 0.230. The number of rotatable bonds is 4. The maximum atomic E-state index is 5.87. The predicted molar refractivity (Wildman–Crippen MR) is 87.3 cm³/mol. The number of piperazine rings is 1. The summed E-state index contributed by atoms with van der Waals surface area (Å²) in [6.07, 6.45) is 0.